The van der Waals surface area contributed by atoms with E-state index >= 15 is 0 Å². The summed E-state index contributed by atoms with van der Waals surface area (Å²) in [5, 5.41) is 0.433. The molecule has 0 aliphatic carbocycles. The van der Waals surface area contributed by atoms with Gasteiger partial charge in [-0.05, 0) is 30.5 Å². The molecule has 0 aliphatic rings. The van der Waals surface area contributed by atoms with E-state index in [2.05, 4.69) is 4.98 Å². The van der Waals surface area contributed by atoms with E-state index in [-0.39, 0.29) is 10.8 Å². The minimum absolute atomic E-state index is 0.0120. The van der Waals surface area contributed by atoms with Gasteiger partial charge in [0, 0.05) is 28.5 Å². The van der Waals surface area contributed by atoms with Gasteiger partial charge in [-0.2, -0.15) is 0 Å². The molecule has 3 N–H and O–H groups in total. The smallest absolute Gasteiger partial charge is 0.270 e. The summed E-state index contributed by atoms with van der Waals surface area (Å²) < 4.78 is 5.73. The second kappa shape index (κ2) is 7.64. The number of halogens is 2. The molecule has 0 radical (unpaired) electrons. The van der Waals surface area contributed by atoms with Crippen LogP contribution in [0.5, 0.6) is 11.5 Å². The van der Waals surface area contributed by atoms with Crippen LogP contribution in [0, 0.1) is 0 Å². The number of pyridine rings is 1. The minimum atomic E-state index is -0.391. The highest BCUT2D eigenvalue weighted by Crippen LogP contribution is 2.30. The summed E-state index contributed by atoms with van der Waals surface area (Å²) in [4.78, 5) is 14.9. The molecular weight excluding hydrogens is 359 g/mol. The van der Waals surface area contributed by atoms with Crippen molar-refractivity contribution in [2.75, 3.05) is 5.73 Å². The van der Waals surface area contributed by atoms with E-state index in [1.165, 1.54) is 5.56 Å². The first-order valence-electron chi connectivity index (χ1n) is 7.71. The zero-order valence-electron chi connectivity index (χ0n) is 13.3. The summed E-state index contributed by atoms with van der Waals surface area (Å²) >= 11 is 12.1. The molecule has 3 aromatic rings. The van der Waals surface area contributed by atoms with Crippen LogP contribution in [0.4, 0.5) is 5.69 Å². The quantitative estimate of drug-likeness (QED) is 0.627. The largest absolute Gasteiger partial charge is 0.455 e. The van der Waals surface area contributed by atoms with Crippen LogP contribution in [0.25, 0.3) is 0 Å². The molecular formula is C19H16Cl2N2O2. The number of hydrogen-bond donors (Lipinski definition) is 2. The standard InChI is InChI=1S/C19H16Cl2N2O2/c20-13-8-14(22)10-16(9-13)25-17-11-15(23-19(24)18(17)21)7-6-12-4-2-1-3-5-12/h1-5,8-11H,6-7,22H2,(H,23,24). The van der Waals surface area contributed by atoms with E-state index < -0.39 is 5.56 Å². The molecule has 6 heteroatoms. The number of aryl methyl sites for hydroxylation is 2. The number of rotatable bonds is 5. The fraction of sp³-hybridized carbons (Fsp3) is 0.105. The van der Waals surface area contributed by atoms with Gasteiger partial charge >= 0.3 is 0 Å². The number of aromatic amines is 1. The van der Waals surface area contributed by atoms with Crippen LogP contribution >= 0.6 is 23.2 Å². The number of nitrogens with one attached hydrogen (secondary N) is 1. The number of nitrogen functional groups attached to an aromatic ring is 1. The number of aromatic nitrogens is 1. The Morgan fingerprint density at radius 1 is 1.00 bits per heavy atom. The lowest BCUT2D eigenvalue weighted by Gasteiger charge is -2.10. The van der Waals surface area contributed by atoms with Crippen LogP contribution in [0.1, 0.15) is 11.3 Å². The number of benzene rings is 2. The van der Waals surface area contributed by atoms with Gasteiger partial charge in [0.2, 0.25) is 0 Å². The van der Waals surface area contributed by atoms with Crippen molar-refractivity contribution in [2.24, 2.45) is 0 Å². The molecule has 0 bridgehead atoms. The Labute approximate surface area is 155 Å². The fourth-order valence-electron chi connectivity index (χ4n) is 2.47. The third-order valence-electron chi connectivity index (χ3n) is 3.64. The third kappa shape index (κ3) is 4.56. The van der Waals surface area contributed by atoms with Gasteiger partial charge in [-0.1, -0.05) is 53.5 Å². The molecule has 128 valence electrons. The number of ether oxygens (including phenoxy) is 1. The molecule has 1 aromatic heterocycles. The normalized spacial score (nSPS) is 10.6. The Morgan fingerprint density at radius 2 is 1.76 bits per heavy atom. The molecule has 0 aliphatic heterocycles. The third-order valence-corrected chi connectivity index (χ3v) is 4.22. The van der Waals surface area contributed by atoms with Crippen molar-refractivity contribution < 1.29 is 4.74 Å². The van der Waals surface area contributed by atoms with Gasteiger partial charge in [0.25, 0.3) is 5.56 Å². The second-order valence-corrected chi connectivity index (χ2v) is 6.42. The van der Waals surface area contributed by atoms with E-state index in [1.807, 2.05) is 30.3 Å². The Kier molecular flexibility index (Phi) is 5.31. The highest BCUT2D eigenvalue weighted by Gasteiger charge is 2.11. The van der Waals surface area contributed by atoms with Gasteiger partial charge in [0.1, 0.15) is 10.8 Å². The van der Waals surface area contributed by atoms with Gasteiger partial charge in [-0.3, -0.25) is 4.79 Å². The van der Waals surface area contributed by atoms with Crippen LogP contribution in [0.2, 0.25) is 10.0 Å². The van der Waals surface area contributed by atoms with Gasteiger partial charge in [-0.15, -0.1) is 0 Å². The Balaban J connectivity index is 1.84. The molecule has 0 amide bonds. The lowest BCUT2D eigenvalue weighted by atomic mass is 10.1. The van der Waals surface area contributed by atoms with Gasteiger partial charge in [-0.25, -0.2) is 0 Å². The minimum Gasteiger partial charge on any atom is -0.455 e. The van der Waals surface area contributed by atoms with Gasteiger partial charge in [0.15, 0.2) is 5.75 Å². The molecule has 25 heavy (non-hydrogen) atoms. The fourth-order valence-corrected chi connectivity index (χ4v) is 2.85. The van der Waals surface area contributed by atoms with Crippen molar-refractivity contribution in [3.63, 3.8) is 0 Å². The summed E-state index contributed by atoms with van der Waals surface area (Å²) in [6.45, 7) is 0. The first-order valence-corrected chi connectivity index (χ1v) is 8.46. The van der Waals surface area contributed by atoms with Crippen molar-refractivity contribution in [2.45, 2.75) is 12.8 Å². The van der Waals surface area contributed by atoms with Crippen molar-refractivity contribution in [3.8, 4) is 11.5 Å². The van der Waals surface area contributed by atoms with E-state index in [0.717, 1.165) is 12.1 Å². The maximum absolute atomic E-state index is 12.1. The predicted octanol–water partition coefficient (Wildman–Crippen LogP) is 4.84. The Hall–Kier alpha value is -2.43. The van der Waals surface area contributed by atoms with Crippen LogP contribution in [0.15, 0.2) is 59.4 Å². The lowest BCUT2D eigenvalue weighted by Crippen LogP contribution is -2.11. The topological polar surface area (TPSA) is 68.1 Å². The number of nitrogens with two attached hydrogens (primary N) is 1. The average molecular weight is 375 g/mol. The first kappa shape index (κ1) is 17.4. The van der Waals surface area contributed by atoms with Crippen LogP contribution in [-0.2, 0) is 12.8 Å². The van der Waals surface area contributed by atoms with Gasteiger partial charge in [0.05, 0.1) is 0 Å². The zero-order valence-corrected chi connectivity index (χ0v) is 14.8. The van der Waals surface area contributed by atoms with Crippen LogP contribution < -0.4 is 16.0 Å². The highest BCUT2D eigenvalue weighted by molar-refractivity contribution is 6.32. The molecule has 3 rings (SSSR count). The number of anilines is 1. The summed E-state index contributed by atoms with van der Waals surface area (Å²) in [5.41, 5.74) is 7.75. The van der Waals surface area contributed by atoms with Crippen molar-refractivity contribution in [1.82, 2.24) is 4.98 Å². The molecule has 0 spiro atoms. The summed E-state index contributed by atoms with van der Waals surface area (Å²) in [5.74, 6) is 0.696. The SMILES string of the molecule is Nc1cc(Cl)cc(Oc2cc(CCc3ccccc3)[nH]c(=O)c2Cl)c1. The Morgan fingerprint density at radius 3 is 2.48 bits per heavy atom. The van der Waals surface area contributed by atoms with E-state index in [1.54, 1.807) is 24.3 Å². The van der Waals surface area contributed by atoms with Crippen LogP contribution in [0.3, 0.4) is 0 Å². The maximum atomic E-state index is 12.1. The monoisotopic (exact) mass is 374 g/mol. The van der Waals surface area contributed by atoms with Crippen molar-refractivity contribution in [1.29, 1.82) is 0 Å². The number of H-pyrrole nitrogens is 1. The Bertz CT molecular complexity index is 920. The van der Waals surface area contributed by atoms with E-state index in [9.17, 15) is 4.79 Å². The maximum Gasteiger partial charge on any atom is 0.270 e. The van der Waals surface area contributed by atoms with Crippen molar-refractivity contribution >= 4 is 28.9 Å². The average Bonchev–Trinajstić information content (AvgIpc) is 2.57. The molecule has 0 unspecified atom stereocenters. The lowest BCUT2D eigenvalue weighted by molar-refractivity contribution is 0.480. The van der Waals surface area contributed by atoms with Crippen molar-refractivity contribution in [3.05, 3.63) is 86.3 Å². The van der Waals surface area contributed by atoms with Crippen LogP contribution in [-0.4, -0.2) is 4.98 Å². The molecule has 2 aromatic carbocycles. The molecule has 1 heterocycles. The summed E-state index contributed by atoms with van der Waals surface area (Å²) in [6.07, 6.45) is 1.45. The number of hydrogen-bond acceptors (Lipinski definition) is 3. The first-order chi connectivity index (χ1) is 12.0. The summed E-state index contributed by atoms with van der Waals surface area (Å²) in [7, 11) is 0. The molecule has 0 atom stereocenters. The van der Waals surface area contributed by atoms with Gasteiger partial charge < -0.3 is 15.5 Å². The molecule has 0 saturated heterocycles. The summed E-state index contributed by atoms with van der Waals surface area (Å²) in [6, 6.07) is 16.6. The molecule has 0 saturated carbocycles. The predicted molar refractivity (Wildman–Crippen MR) is 102 cm³/mol. The second-order valence-electron chi connectivity index (χ2n) is 5.61. The molecule has 0 fully saturated rings. The van der Waals surface area contributed by atoms with E-state index in [4.69, 9.17) is 33.7 Å². The van der Waals surface area contributed by atoms with E-state index in [0.29, 0.717) is 22.9 Å². The zero-order chi connectivity index (χ0) is 17.8. The molecule has 4 nitrogen and oxygen atoms in total. The highest BCUT2D eigenvalue weighted by atomic mass is 35.5.